The molecule has 0 saturated carbocycles. The maximum absolute atomic E-state index is 12.9. The van der Waals surface area contributed by atoms with E-state index < -0.39 is 36.7 Å². The molecule has 0 amide bonds. The van der Waals surface area contributed by atoms with Crippen LogP contribution in [-0.2, 0) is 48.2 Å². The highest BCUT2D eigenvalue weighted by Gasteiger charge is 2.49. The van der Waals surface area contributed by atoms with Crippen LogP contribution in [-0.4, -0.2) is 64.6 Å². The summed E-state index contributed by atoms with van der Waals surface area (Å²) < 4.78 is 48.3. The van der Waals surface area contributed by atoms with E-state index in [1.54, 1.807) is 45.6 Å². The van der Waals surface area contributed by atoms with E-state index in [-0.39, 0.29) is 19.8 Å². The molecule has 0 spiro atoms. The lowest BCUT2D eigenvalue weighted by Crippen LogP contribution is -2.61. The van der Waals surface area contributed by atoms with E-state index in [1.807, 2.05) is 84.9 Å². The van der Waals surface area contributed by atoms with Crippen LogP contribution in [0.15, 0.2) is 109 Å². The summed E-state index contributed by atoms with van der Waals surface area (Å²) in [5.41, 5.74) is 3.28. The fourth-order valence-corrected chi connectivity index (χ4v) is 5.18. The Bertz CT molecular complexity index is 1460. The minimum absolute atomic E-state index is 0.0886. The van der Waals surface area contributed by atoms with Gasteiger partial charge < -0.3 is 37.9 Å². The van der Waals surface area contributed by atoms with E-state index in [0.717, 1.165) is 28.2 Å². The first-order chi connectivity index (χ1) is 22.6. The van der Waals surface area contributed by atoms with Crippen molar-refractivity contribution in [3.63, 3.8) is 0 Å². The van der Waals surface area contributed by atoms with E-state index in [4.69, 9.17) is 37.9 Å². The molecule has 1 heterocycles. The highest BCUT2D eigenvalue weighted by molar-refractivity contribution is 5.89. The molecular weight excluding hydrogens is 588 g/mol. The fraction of sp³-hybridized carbons (Fsp3) is 0.324. The summed E-state index contributed by atoms with van der Waals surface area (Å²) in [6.07, 6.45) is -3.59. The van der Waals surface area contributed by atoms with Crippen LogP contribution in [0.1, 0.15) is 27.0 Å². The lowest BCUT2D eigenvalue weighted by atomic mass is 9.97. The van der Waals surface area contributed by atoms with Gasteiger partial charge in [0.05, 0.1) is 39.6 Å². The molecule has 0 aliphatic carbocycles. The Morgan fingerprint density at radius 2 is 1.07 bits per heavy atom. The summed E-state index contributed by atoms with van der Waals surface area (Å²) in [6, 6.07) is 33.9. The number of hydrogen-bond acceptors (Lipinski definition) is 9. The molecule has 46 heavy (non-hydrogen) atoms. The van der Waals surface area contributed by atoms with E-state index in [9.17, 15) is 4.79 Å². The number of hydrogen-bond donors (Lipinski definition) is 0. The molecule has 1 aliphatic heterocycles. The van der Waals surface area contributed by atoms with Crippen LogP contribution in [0.5, 0.6) is 11.5 Å². The molecule has 4 aromatic rings. The maximum Gasteiger partial charge on any atom is 0.338 e. The van der Waals surface area contributed by atoms with Crippen LogP contribution in [0, 0.1) is 0 Å². The molecule has 9 nitrogen and oxygen atoms in total. The van der Waals surface area contributed by atoms with Gasteiger partial charge in [0, 0.05) is 7.11 Å². The van der Waals surface area contributed by atoms with E-state index >= 15 is 0 Å². The van der Waals surface area contributed by atoms with Gasteiger partial charge in [0.25, 0.3) is 0 Å². The molecule has 0 aromatic heterocycles. The second-order valence-electron chi connectivity index (χ2n) is 10.8. The third kappa shape index (κ3) is 8.93. The Labute approximate surface area is 269 Å². The van der Waals surface area contributed by atoms with E-state index in [1.165, 1.54) is 0 Å². The molecule has 5 rings (SSSR count). The van der Waals surface area contributed by atoms with Gasteiger partial charge in [-0.1, -0.05) is 72.8 Å². The molecule has 1 saturated heterocycles. The topological polar surface area (TPSA) is 90.9 Å². The number of ether oxygens (including phenoxy) is 8. The van der Waals surface area contributed by atoms with Crippen molar-refractivity contribution in [2.45, 2.75) is 50.5 Å². The number of carbonyl (C=O) groups is 1. The molecule has 0 unspecified atom stereocenters. The normalized spacial score (nSPS) is 21.0. The lowest BCUT2D eigenvalue weighted by Gasteiger charge is -2.45. The van der Waals surface area contributed by atoms with Crippen LogP contribution in [0.3, 0.4) is 0 Å². The van der Waals surface area contributed by atoms with E-state index in [2.05, 4.69) is 0 Å². The van der Waals surface area contributed by atoms with Crippen molar-refractivity contribution in [2.75, 3.05) is 27.9 Å². The van der Waals surface area contributed by atoms with Crippen LogP contribution in [0.2, 0.25) is 0 Å². The average molecular weight is 629 g/mol. The Kier molecular flexibility index (Phi) is 12.2. The van der Waals surface area contributed by atoms with Crippen molar-refractivity contribution in [1.29, 1.82) is 0 Å². The summed E-state index contributed by atoms with van der Waals surface area (Å²) >= 11 is 0. The lowest BCUT2D eigenvalue weighted by molar-refractivity contribution is -0.321. The van der Waals surface area contributed by atoms with Gasteiger partial charge in [-0.05, 0) is 53.1 Å². The quantitative estimate of drug-likeness (QED) is 0.147. The SMILES string of the molecule is COc1ccc(CO[C@@H]2[C@@H](OCc3ccccc3)[C@@H](OC)O[C@H](COC(=O)c3ccccc3)[C@H]2OCc2ccc(OC)cc2)cc1. The van der Waals surface area contributed by atoms with Crippen molar-refractivity contribution in [3.05, 3.63) is 131 Å². The van der Waals surface area contributed by atoms with Crippen LogP contribution in [0.4, 0.5) is 0 Å². The summed E-state index contributed by atoms with van der Waals surface area (Å²) in [5.74, 6) is 1.03. The highest BCUT2D eigenvalue weighted by atomic mass is 16.7. The molecule has 4 aromatic carbocycles. The first-order valence-corrected chi connectivity index (χ1v) is 15.1. The van der Waals surface area contributed by atoms with Crippen LogP contribution in [0.25, 0.3) is 0 Å². The summed E-state index contributed by atoms with van der Waals surface area (Å²) in [5, 5.41) is 0. The minimum Gasteiger partial charge on any atom is -0.497 e. The molecule has 1 fully saturated rings. The Morgan fingerprint density at radius 1 is 0.587 bits per heavy atom. The average Bonchev–Trinajstić information content (AvgIpc) is 3.12. The monoisotopic (exact) mass is 628 g/mol. The zero-order chi connectivity index (χ0) is 32.1. The summed E-state index contributed by atoms with van der Waals surface area (Å²) in [4.78, 5) is 12.9. The third-order valence-corrected chi connectivity index (χ3v) is 7.70. The van der Waals surface area contributed by atoms with Crippen LogP contribution < -0.4 is 9.47 Å². The van der Waals surface area contributed by atoms with Crippen LogP contribution >= 0.6 is 0 Å². The number of benzene rings is 4. The standard InChI is InChI=1S/C37H40O9/c1-39-30-18-14-27(15-19-30)23-42-33-32(25-45-36(38)29-12-8-5-9-13-29)46-37(41-3)35(44-22-26-10-6-4-7-11-26)34(33)43-24-28-16-20-31(40-2)21-17-28/h4-21,32-35,37H,22-25H2,1-3H3/t32-,33-,34+,35-,37+/m1/s1. The predicted molar refractivity (Wildman–Crippen MR) is 171 cm³/mol. The number of esters is 1. The van der Waals surface area contributed by atoms with Crippen molar-refractivity contribution in [1.82, 2.24) is 0 Å². The molecule has 1 aliphatic rings. The zero-order valence-electron chi connectivity index (χ0n) is 26.3. The molecule has 9 heteroatoms. The Balaban J connectivity index is 1.42. The van der Waals surface area contributed by atoms with E-state index in [0.29, 0.717) is 12.2 Å². The first-order valence-electron chi connectivity index (χ1n) is 15.1. The highest BCUT2D eigenvalue weighted by Crippen LogP contribution is 2.31. The van der Waals surface area contributed by atoms with Gasteiger partial charge in [-0.2, -0.15) is 0 Å². The first kappa shape index (κ1) is 33.1. The van der Waals surface area contributed by atoms with Gasteiger partial charge >= 0.3 is 5.97 Å². The Hall–Kier alpha value is -4.25. The number of carbonyl (C=O) groups excluding carboxylic acids is 1. The number of rotatable bonds is 15. The van der Waals surface area contributed by atoms with Gasteiger partial charge in [0.15, 0.2) is 6.29 Å². The fourth-order valence-electron chi connectivity index (χ4n) is 5.18. The molecular formula is C37H40O9. The molecule has 242 valence electrons. The molecule has 5 atom stereocenters. The van der Waals surface area contributed by atoms with Crippen molar-refractivity contribution >= 4 is 5.97 Å². The zero-order valence-corrected chi connectivity index (χ0v) is 26.3. The summed E-state index contributed by atoms with van der Waals surface area (Å²) in [7, 11) is 4.80. The summed E-state index contributed by atoms with van der Waals surface area (Å²) in [6.45, 7) is 0.715. The van der Waals surface area contributed by atoms with Crippen molar-refractivity contribution in [3.8, 4) is 11.5 Å². The second kappa shape index (κ2) is 16.9. The predicted octanol–water partition coefficient (Wildman–Crippen LogP) is 5.99. The van der Waals surface area contributed by atoms with Gasteiger partial charge in [0.1, 0.15) is 42.5 Å². The van der Waals surface area contributed by atoms with Crippen molar-refractivity contribution < 1.29 is 42.7 Å². The number of methoxy groups -OCH3 is 3. The molecule has 0 radical (unpaired) electrons. The maximum atomic E-state index is 12.9. The Morgan fingerprint density at radius 3 is 1.59 bits per heavy atom. The minimum atomic E-state index is -0.828. The van der Waals surface area contributed by atoms with Gasteiger partial charge in [0.2, 0.25) is 0 Å². The second-order valence-corrected chi connectivity index (χ2v) is 10.8. The van der Waals surface area contributed by atoms with Gasteiger partial charge in [-0.25, -0.2) is 4.79 Å². The van der Waals surface area contributed by atoms with Gasteiger partial charge in [-0.3, -0.25) is 0 Å². The van der Waals surface area contributed by atoms with Gasteiger partial charge in [-0.15, -0.1) is 0 Å². The van der Waals surface area contributed by atoms with Crippen molar-refractivity contribution in [2.24, 2.45) is 0 Å². The smallest absolute Gasteiger partial charge is 0.338 e. The third-order valence-electron chi connectivity index (χ3n) is 7.70. The molecule has 0 bridgehead atoms. The largest absolute Gasteiger partial charge is 0.497 e. The molecule has 0 N–H and O–H groups in total.